The van der Waals surface area contributed by atoms with Gasteiger partial charge >= 0.3 is 0 Å². The monoisotopic (exact) mass is 347 g/mol. The van der Waals surface area contributed by atoms with Crippen LogP contribution in [0.3, 0.4) is 0 Å². The molecule has 0 radical (unpaired) electrons. The summed E-state index contributed by atoms with van der Waals surface area (Å²) in [5, 5.41) is 44.1. The number of anilines is 1. The number of Topliss-reactive ketones (excluding diaryl/α,β-unsaturated/α-hetero) is 2. The van der Waals surface area contributed by atoms with Gasteiger partial charge < -0.3 is 25.7 Å². The minimum Gasteiger partial charge on any atom is -0.507 e. The van der Waals surface area contributed by atoms with Crippen LogP contribution in [0.25, 0.3) is 0 Å². The number of nitrogens with one attached hydrogen (secondary N) is 1. The fraction of sp³-hybridized carbons (Fsp3) is 0.444. The van der Waals surface area contributed by atoms with Crippen LogP contribution in [-0.2, 0) is 0 Å². The summed E-state index contributed by atoms with van der Waals surface area (Å²) in [4.78, 5) is 25.7. The molecule has 2 aliphatic carbocycles. The molecule has 0 bridgehead atoms. The molecule has 1 aromatic carbocycles. The van der Waals surface area contributed by atoms with Crippen molar-refractivity contribution in [3.8, 4) is 11.5 Å². The summed E-state index contributed by atoms with van der Waals surface area (Å²) in [6.45, 7) is 3.90. The van der Waals surface area contributed by atoms with Gasteiger partial charge in [-0.15, -0.1) is 0 Å². The van der Waals surface area contributed by atoms with Crippen molar-refractivity contribution in [1.29, 1.82) is 0 Å². The third kappa shape index (κ3) is 2.69. The van der Waals surface area contributed by atoms with Gasteiger partial charge in [0.05, 0.1) is 28.5 Å². The fourth-order valence-corrected chi connectivity index (χ4v) is 3.55. The van der Waals surface area contributed by atoms with Crippen LogP contribution in [0.1, 0.15) is 53.8 Å². The quantitative estimate of drug-likeness (QED) is 0.414. The lowest BCUT2D eigenvalue weighted by Gasteiger charge is -2.36. The molecule has 0 spiro atoms. The first-order chi connectivity index (χ1) is 11.7. The zero-order valence-electron chi connectivity index (χ0n) is 14.1. The second-order valence-corrected chi connectivity index (χ2v) is 6.91. The maximum atomic E-state index is 12.9. The highest BCUT2D eigenvalue weighted by Gasteiger charge is 2.46. The summed E-state index contributed by atoms with van der Waals surface area (Å²) in [5.41, 5.74) is -1.87. The summed E-state index contributed by atoms with van der Waals surface area (Å²) < 4.78 is 0. The Kier molecular flexibility index (Phi) is 4.09. The van der Waals surface area contributed by atoms with Crippen molar-refractivity contribution in [1.82, 2.24) is 0 Å². The second kappa shape index (κ2) is 5.86. The zero-order valence-corrected chi connectivity index (χ0v) is 14.1. The average Bonchev–Trinajstić information content (AvgIpc) is 2.51. The molecule has 3 rings (SSSR count). The molecule has 2 aliphatic rings. The highest BCUT2D eigenvalue weighted by atomic mass is 16.3. The van der Waals surface area contributed by atoms with Crippen molar-refractivity contribution in [3.05, 3.63) is 28.3 Å². The largest absolute Gasteiger partial charge is 0.507 e. The Morgan fingerprint density at radius 2 is 1.92 bits per heavy atom. The topological polar surface area (TPSA) is 127 Å². The van der Waals surface area contributed by atoms with Gasteiger partial charge in [-0.2, -0.15) is 0 Å². The van der Waals surface area contributed by atoms with Crippen molar-refractivity contribution in [3.63, 3.8) is 0 Å². The lowest BCUT2D eigenvalue weighted by atomic mass is 9.71. The van der Waals surface area contributed by atoms with E-state index in [1.165, 1.54) is 13.0 Å². The highest BCUT2D eigenvalue weighted by molar-refractivity contribution is 6.30. The van der Waals surface area contributed by atoms with Crippen molar-refractivity contribution >= 4 is 17.3 Å². The summed E-state index contributed by atoms with van der Waals surface area (Å²) in [7, 11) is 0. The van der Waals surface area contributed by atoms with Crippen molar-refractivity contribution in [2.75, 3.05) is 11.9 Å². The number of carbonyl (C=O) groups excluding carboxylic acids is 2. The first-order valence-corrected chi connectivity index (χ1v) is 8.23. The molecule has 0 fully saturated rings. The van der Waals surface area contributed by atoms with Crippen LogP contribution in [0.5, 0.6) is 11.5 Å². The van der Waals surface area contributed by atoms with Crippen LogP contribution in [-0.4, -0.2) is 50.2 Å². The van der Waals surface area contributed by atoms with Crippen LogP contribution in [0, 0.1) is 0 Å². The third-order valence-electron chi connectivity index (χ3n) is 4.67. The van der Waals surface area contributed by atoms with Gasteiger partial charge in [0, 0.05) is 36.6 Å². The highest BCUT2D eigenvalue weighted by Crippen LogP contribution is 2.46. The smallest absolute Gasteiger partial charge is 0.196 e. The Morgan fingerprint density at radius 3 is 2.56 bits per heavy atom. The molecule has 0 heterocycles. The number of benzene rings is 1. The normalized spacial score (nSPS) is 25.7. The van der Waals surface area contributed by atoms with Gasteiger partial charge in [0.25, 0.3) is 0 Å². The van der Waals surface area contributed by atoms with E-state index < -0.39 is 34.8 Å². The number of phenolic OH excluding ortho intramolecular Hbond substituents is 2. The van der Waals surface area contributed by atoms with Crippen LogP contribution < -0.4 is 5.32 Å². The molecule has 0 aliphatic heterocycles. The first-order valence-electron chi connectivity index (χ1n) is 8.23. The van der Waals surface area contributed by atoms with E-state index in [2.05, 4.69) is 5.32 Å². The molecular weight excluding hydrogens is 326 g/mol. The number of hydrogen-bond acceptors (Lipinski definition) is 7. The predicted molar refractivity (Wildman–Crippen MR) is 90.1 cm³/mol. The van der Waals surface area contributed by atoms with E-state index in [-0.39, 0.29) is 40.8 Å². The Morgan fingerprint density at radius 1 is 1.24 bits per heavy atom. The van der Waals surface area contributed by atoms with Crippen LogP contribution in [0.15, 0.2) is 17.2 Å². The maximum absolute atomic E-state index is 12.9. The minimum atomic E-state index is -1.33. The summed E-state index contributed by atoms with van der Waals surface area (Å²) in [6, 6.07) is 1.20. The molecule has 0 unspecified atom stereocenters. The molecule has 7 nitrogen and oxygen atoms in total. The minimum absolute atomic E-state index is 0.0106. The van der Waals surface area contributed by atoms with Gasteiger partial charge in [0.15, 0.2) is 17.3 Å². The van der Waals surface area contributed by atoms with Gasteiger partial charge in [-0.1, -0.05) is 6.92 Å². The Bertz CT molecular complexity index is 808. The van der Waals surface area contributed by atoms with E-state index >= 15 is 0 Å². The molecule has 2 atom stereocenters. The second-order valence-electron chi connectivity index (χ2n) is 6.91. The Hall–Kier alpha value is -2.38. The molecule has 0 saturated heterocycles. The van der Waals surface area contributed by atoms with Crippen LogP contribution in [0.4, 0.5) is 5.69 Å². The van der Waals surface area contributed by atoms with Crippen molar-refractivity contribution in [2.45, 2.75) is 44.8 Å². The average molecular weight is 347 g/mol. The zero-order chi connectivity index (χ0) is 18.5. The Labute approximate surface area is 144 Å². The van der Waals surface area contributed by atoms with Gasteiger partial charge in [-0.05, 0) is 13.3 Å². The van der Waals surface area contributed by atoms with E-state index in [9.17, 15) is 30.0 Å². The van der Waals surface area contributed by atoms with Crippen molar-refractivity contribution < 1.29 is 30.0 Å². The van der Waals surface area contributed by atoms with Gasteiger partial charge in [-0.25, -0.2) is 0 Å². The molecule has 7 heteroatoms. The Balaban J connectivity index is 2.19. The van der Waals surface area contributed by atoms with E-state index in [1.54, 1.807) is 0 Å². The lowest BCUT2D eigenvalue weighted by Crippen LogP contribution is -2.42. The molecule has 0 aromatic heterocycles. The number of fused-ring (bicyclic) bond motifs is 1. The maximum Gasteiger partial charge on any atom is 0.196 e. The number of aromatic hydroxyl groups is 2. The standard InChI is InChI=1S/C18H21NO6/c1-3-4-19-9-5-10(20)13-14(16(9)23)15(22)8-6-18(2,25)7-11(21)12(8)17(13)24/h5,11,19-21,23,25H,3-4,6-7H2,1-2H3/t11-,18-/m0/s1. The van der Waals surface area contributed by atoms with E-state index in [4.69, 9.17) is 0 Å². The molecule has 0 amide bonds. The van der Waals surface area contributed by atoms with Gasteiger partial charge in [0.2, 0.25) is 0 Å². The molecular formula is C18H21NO6. The number of phenols is 2. The van der Waals surface area contributed by atoms with Crippen LogP contribution in [0.2, 0.25) is 0 Å². The van der Waals surface area contributed by atoms with Gasteiger partial charge in [0.1, 0.15) is 5.75 Å². The first kappa shape index (κ1) is 17.4. The van der Waals surface area contributed by atoms with Crippen LogP contribution >= 0.6 is 0 Å². The predicted octanol–water partition coefficient (Wildman–Crippen LogP) is 1.50. The fourth-order valence-electron chi connectivity index (χ4n) is 3.55. The lowest BCUT2D eigenvalue weighted by molar-refractivity contribution is 0.00374. The molecule has 5 N–H and O–H groups in total. The van der Waals surface area contributed by atoms with E-state index in [1.807, 2.05) is 6.92 Å². The number of aliphatic hydroxyl groups is 2. The number of hydrogen-bond donors (Lipinski definition) is 5. The van der Waals surface area contributed by atoms with Gasteiger partial charge in [-0.3, -0.25) is 9.59 Å². The number of carbonyl (C=O) groups is 2. The third-order valence-corrected chi connectivity index (χ3v) is 4.67. The summed E-state index contributed by atoms with van der Waals surface area (Å²) >= 11 is 0. The molecule has 134 valence electrons. The molecule has 0 saturated carbocycles. The number of ketones is 2. The van der Waals surface area contributed by atoms with E-state index in [0.29, 0.717) is 6.54 Å². The summed E-state index contributed by atoms with van der Waals surface area (Å²) in [5.74, 6) is -2.19. The number of aliphatic hydroxyl groups excluding tert-OH is 1. The molecule has 25 heavy (non-hydrogen) atoms. The van der Waals surface area contributed by atoms with E-state index in [0.717, 1.165) is 6.42 Å². The SMILES string of the molecule is CCCNc1cc(O)c2c(c1O)C(=O)C1=C(C2=O)[C@@H](O)C[C@@](C)(O)C1. The summed E-state index contributed by atoms with van der Waals surface area (Å²) in [6.07, 6.45) is -0.726. The van der Waals surface area contributed by atoms with Crippen molar-refractivity contribution in [2.24, 2.45) is 0 Å². The number of rotatable bonds is 3. The molecule has 1 aromatic rings.